The van der Waals surface area contributed by atoms with Gasteiger partial charge in [-0.2, -0.15) is 0 Å². The Morgan fingerprint density at radius 2 is 2.09 bits per heavy atom. The van der Waals surface area contributed by atoms with E-state index in [-0.39, 0.29) is 0 Å². The van der Waals surface area contributed by atoms with E-state index in [1.807, 2.05) is 18.3 Å². The first kappa shape index (κ1) is 13.5. The molecule has 0 aromatic heterocycles. The molecule has 0 N–H and O–H groups in total. The summed E-state index contributed by atoms with van der Waals surface area (Å²) >= 11 is 6.10. The average molecular weight is 311 g/mol. The first-order chi connectivity index (χ1) is 10.8. The van der Waals surface area contributed by atoms with Crippen molar-refractivity contribution in [3.05, 3.63) is 58.4 Å². The minimum atomic E-state index is 0.299. The van der Waals surface area contributed by atoms with Crippen molar-refractivity contribution in [2.75, 3.05) is 19.5 Å². The van der Waals surface area contributed by atoms with Crippen molar-refractivity contribution < 1.29 is 4.74 Å². The highest BCUT2D eigenvalue weighted by atomic mass is 35.5. The third-order valence-electron chi connectivity index (χ3n) is 4.28. The molecule has 1 atom stereocenters. The Bertz CT molecular complexity index is 885. The third kappa shape index (κ3) is 1.97. The molecule has 0 bridgehead atoms. The molecule has 2 aromatic rings. The molecule has 0 saturated carbocycles. The van der Waals surface area contributed by atoms with Crippen LogP contribution in [0, 0.1) is 0 Å². The molecule has 2 aromatic carbocycles. The van der Waals surface area contributed by atoms with Gasteiger partial charge in [0.2, 0.25) is 0 Å². The predicted molar refractivity (Wildman–Crippen MR) is 88.1 cm³/mol. The maximum Gasteiger partial charge on any atom is 0.118 e. The number of rotatable bonds is 3. The van der Waals surface area contributed by atoms with Crippen LogP contribution in [-0.2, 0) is 0 Å². The van der Waals surface area contributed by atoms with Crippen LogP contribution in [0.5, 0.6) is 5.75 Å². The van der Waals surface area contributed by atoms with Gasteiger partial charge in [-0.3, -0.25) is 9.98 Å². The number of halogens is 1. The van der Waals surface area contributed by atoms with Gasteiger partial charge in [0.1, 0.15) is 5.75 Å². The van der Waals surface area contributed by atoms with Gasteiger partial charge < -0.3 is 4.74 Å². The SMILES string of the molecule is COc1ccc(-c2cc3c(c4c2=NC=C4)C(CCl)CN=3)cc1. The molecule has 0 spiro atoms. The van der Waals surface area contributed by atoms with E-state index in [2.05, 4.69) is 34.3 Å². The van der Waals surface area contributed by atoms with Crippen molar-refractivity contribution in [3.63, 3.8) is 0 Å². The maximum absolute atomic E-state index is 6.10. The first-order valence-electron chi connectivity index (χ1n) is 7.28. The van der Waals surface area contributed by atoms with Crippen molar-refractivity contribution in [1.82, 2.24) is 0 Å². The van der Waals surface area contributed by atoms with Crippen LogP contribution in [0.3, 0.4) is 0 Å². The van der Waals surface area contributed by atoms with Crippen molar-refractivity contribution in [2.24, 2.45) is 9.98 Å². The lowest BCUT2D eigenvalue weighted by Gasteiger charge is -2.11. The quantitative estimate of drug-likeness (QED) is 0.803. The minimum absolute atomic E-state index is 0.299. The van der Waals surface area contributed by atoms with E-state index in [9.17, 15) is 0 Å². The van der Waals surface area contributed by atoms with Crippen LogP contribution >= 0.6 is 11.6 Å². The molecule has 0 fully saturated rings. The summed E-state index contributed by atoms with van der Waals surface area (Å²) in [7, 11) is 1.67. The zero-order valence-electron chi connectivity index (χ0n) is 12.2. The van der Waals surface area contributed by atoms with E-state index in [1.54, 1.807) is 7.11 Å². The number of fused-ring (bicyclic) bond motifs is 3. The van der Waals surface area contributed by atoms with Gasteiger partial charge in [-0.25, -0.2) is 0 Å². The van der Waals surface area contributed by atoms with Crippen LogP contribution in [-0.4, -0.2) is 19.5 Å². The van der Waals surface area contributed by atoms with Crippen LogP contribution in [0.15, 0.2) is 46.5 Å². The van der Waals surface area contributed by atoms with Gasteiger partial charge >= 0.3 is 0 Å². The Morgan fingerprint density at radius 3 is 2.82 bits per heavy atom. The molecule has 22 heavy (non-hydrogen) atoms. The minimum Gasteiger partial charge on any atom is -0.497 e. The first-order valence-corrected chi connectivity index (χ1v) is 7.81. The van der Waals surface area contributed by atoms with Gasteiger partial charge in [-0.1, -0.05) is 12.1 Å². The lowest BCUT2D eigenvalue weighted by molar-refractivity contribution is 0.415. The van der Waals surface area contributed by atoms with Gasteiger partial charge in [-0.05, 0) is 35.4 Å². The van der Waals surface area contributed by atoms with Crippen LogP contribution in [0.1, 0.15) is 17.0 Å². The van der Waals surface area contributed by atoms with Gasteiger partial charge in [0.25, 0.3) is 0 Å². The molecule has 110 valence electrons. The summed E-state index contributed by atoms with van der Waals surface area (Å²) in [6.07, 6.45) is 3.93. The summed E-state index contributed by atoms with van der Waals surface area (Å²) in [5.74, 6) is 1.75. The Hall–Kier alpha value is -2.13. The topological polar surface area (TPSA) is 34.0 Å². The van der Waals surface area contributed by atoms with Gasteiger partial charge in [0, 0.05) is 35.7 Å². The van der Waals surface area contributed by atoms with Gasteiger partial charge in [0.05, 0.1) is 17.8 Å². The second-order valence-corrected chi connectivity index (χ2v) is 5.79. The smallest absolute Gasteiger partial charge is 0.118 e. The number of hydrogen-bond acceptors (Lipinski definition) is 3. The molecule has 3 nitrogen and oxygen atoms in total. The fourth-order valence-corrected chi connectivity index (χ4v) is 3.42. The third-order valence-corrected chi connectivity index (χ3v) is 4.65. The fraction of sp³-hybridized carbons (Fsp3) is 0.222. The Labute approximate surface area is 133 Å². The molecule has 0 aliphatic carbocycles. The summed E-state index contributed by atoms with van der Waals surface area (Å²) in [4.78, 5) is 9.23. The standard InChI is InChI=1S/C18H15ClN2O/c1-22-13-4-2-11(3-5-13)15-8-16-17(12(9-19)10-21-16)14-6-7-20-18(14)15/h2-8,12H,9-10H2,1H3. The maximum atomic E-state index is 6.10. The molecule has 4 rings (SSSR count). The number of ether oxygens (including phenoxy) is 1. The predicted octanol–water partition coefficient (Wildman–Crippen LogP) is 2.92. The normalized spacial score (nSPS) is 17.6. The Balaban J connectivity index is 1.94. The van der Waals surface area contributed by atoms with E-state index in [4.69, 9.17) is 16.3 Å². The molecule has 2 heterocycles. The van der Waals surface area contributed by atoms with E-state index < -0.39 is 0 Å². The Morgan fingerprint density at radius 1 is 1.27 bits per heavy atom. The molecule has 2 aliphatic rings. The molecule has 0 amide bonds. The van der Waals surface area contributed by atoms with E-state index >= 15 is 0 Å². The van der Waals surface area contributed by atoms with Gasteiger partial charge in [0.15, 0.2) is 0 Å². The van der Waals surface area contributed by atoms with E-state index in [0.717, 1.165) is 34.1 Å². The average Bonchev–Trinajstić information content (AvgIpc) is 3.20. The molecular formula is C18H15ClN2O. The summed E-state index contributed by atoms with van der Waals surface area (Å²) < 4.78 is 5.23. The summed E-state index contributed by atoms with van der Waals surface area (Å²) in [6, 6.07) is 10.2. The van der Waals surface area contributed by atoms with Crippen LogP contribution < -0.4 is 15.5 Å². The number of hydrogen-bond donors (Lipinski definition) is 0. The highest BCUT2D eigenvalue weighted by molar-refractivity contribution is 6.18. The molecule has 1 unspecified atom stereocenters. The number of benzene rings is 2. The number of alkyl halides is 1. The number of nitrogens with zero attached hydrogens (tertiary/aromatic N) is 2. The second kappa shape index (κ2) is 5.25. The molecular weight excluding hydrogens is 296 g/mol. The molecule has 0 saturated heterocycles. The number of methoxy groups -OCH3 is 1. The monoisotopic (exact) mass is 310 g/mol. The molecule has 0 radical (unpaired) electrons. The Kier molecular flexibility index (Phi) is 3.23. The highest BCUT2D eigenvalue weighted by Gasteiger charge is 2.24. The zero-order chi connectivity index (χ0) is 15.1. The highest BCUT2D eigenvalue weighted by Crippen LogP contribution is 2.27. The summed E-state index contributed by atoms with van der Waals surface area (Å²) in [5.41, 5.74) is 4.66. The van der Waals surface area contributed by atoms with E-state index in [0.29, 0.717) is 11.8 Å². The van der Waals surface area contributed by atoms with E-state index in [1.165, 1.54) is 11.1 Å². The lowest BCUT2D eigenvalue weighted by atomic mass is 9.92. The van der Waals surface area contributed by atoms with Gasteiger partial charge in [-0.15, -0.1) is 11.6 Å². The fourth-order valence-electron chi connectivity index (χ4n) is 3.16. The van der Waals surface area contributed by atoms with Crippen molar-refractivity contribution in [2.45, 2.75) is 5.92 Å². The lowest BCUT2D eigenvalue weighted by Crippen LogP contribution is -2.21. The molecule has 2 aliphatic heterocycles. The largest absolute Gasteiger partial charge is 0.497 e. The van der Waals surface area contributed by atoms with Crippen molar-refractivity contribution in [1.29, 1.82) is 0 Å². The second-order valence-electron chi connectivity index (χ2n) is 5.48. The van der Waals surface area contributed by atoms with Crippen molar-refractivity contribution in [3.8, 4) is 16.9 Å². The van der Waals surface area contributed by atoms with Crippen molar-refractivity contribution >= 4 is 17.7 Å². The molecule has 4 heteroatoms. The van der Waals surface area contributed by atoms with Crippen LogP contribution in [0.2, 0.25) is 0 Å². The summed E-state index contributed by atoms with van der Waals surface area (Å²) in [6.45, 7) is 0.769. The summed E-state index contributed by atoms with van der Waals surface area (Å²) in [5, 5.41) is 2.08. The van der Waals surface area contributed by atoms with Crippen LogP contribution in [0.25, 0.3) is 17.2 Å². The zero-order valence-corrected chi connectivity index (χ0v) is 13.0. The van der Waals surface area contributed by atoms with Crippen LogP contribution in [0.4, 0.5) is 0 Å².